The van der Waals surface area contributed by atoms with Crippen LogP contribution in [0.25, 0.3) is 0 Å². The van der Waals surface area contributed by atoms with Gasteiger partial charge < -0.3 is 10.1 Å². The number of benzene rings is 1. The van der Waals surface area contributed by atoms with Crippen molar-refractivity contribution in [2.75, 3.05) is 18.9 Å². The number of thioether (sulfide) groups is 1. The van der Waals surface area contributed by atoms with Crippen LogP contribution in [-0.2, 0) is 4.74 Å². The first-order chi connectivity index (χ1) is 8.75. The summed E-state index contributed by atoms with van der Waals surface area (Å²) in [5.74, 6) is 1.05. The zero-order valence-electron chi connectivity index (χ0n) is 10.9. The molecule has 2 rings (SSSR count). The average molecular weight is 264 g/mol. The molecule has 1 heterocycles. The standard InChI is InChI=1S/C14H20N2OS/c1-11(2)17-9-8-15-14-16-13(10-18-14)12-6-4-3-5-7-12/h3-7,11,13H,8-10H2,1-2H3,(H,15,16). The third kappa shape index (κ3) is 4.03. The molecule has 98 valence electrons. The van der Waals surface area contributed by atoms with Crippen LogP contribution >= 0.6 is 11.8 Å². The van der Waals surface area contributed by atoms with Gasteiger partial charge in [-0.3, -0.25) is 4.99 Å². The van der Waals surface area contributed by atoms with E-state index in [9.17, 15) is 0 Å². The van der Waals surface area contributed by atoms with Gasteiger partial charge in [0.1, 0.15) is 0 Å². The van der Waals surface area contributed by atoms with Gasteiger partial charge in [0.25, 0.3) is 0 Å². The van der Waals surface area contributed by atoms with Gasteiger partial charge in [0.2, 0.25) is 0 Å². The molecule has 1 saturated heterocycles. The number of rotatable bonds is 5. The molecule has 1 aliphatic rings. The maximum absolute atomic E-state index is 5.47. The minimum atomic E-state index is 0.284. The van der Waals surface area contributed by atoms with Gasteiger partial charge in [-0.1, -0.05) is 42.1 Å². The van der Waals surface area contributed by atoms with E-state index >= 15 is 0 Å². The van der Waals surface area contributed by atoms with Crippen LogP contribution in [0.4, 0.5) is 0 Å². The molecule has 1 fully saturated rings. The molecule has 1 aliphatic heterocycles. The lowest BCUT2D eigenvalue weighted by atomic mass is 10.1. The van der Waals surface area contributed by atoms with Crippen LogP contribution in [0.5, 0.6) is 0 Å². The summed E-state index contributed by atoms with van der Waals surface area (Å²) < 4.78 is 5.47. The average Bonchev–Trinajstić information content (AvgIpc) is 2.84. The highest BCUT2D eigenvalue weighted by Gasteiger charge is 2.21. The lowest BCUT2D eigenvalue weighted by Crippen LogP contribution is -2.20. The Labute approximate surface area is 113 Å². The van der Waals surface area contributed by atoms with Crippen LogP contribution in [0.1, 0.15) is 25.5 Å². The van der Waals surface area contributed by atoms with Crippen molar-refractivity contribution in [3.8, 4) is 0 Å². The van der Waals surface area contributed by atoms with Gasteiger partial charge in [-0.25, -0.2) is 0 Å². The second-order valence-electron chi connectivity index (χ2n) is 4.53. The molecule has 0 amide bonds. The molecule has 0 spiro atoms. The largest absolute Gasteiger partial charge is 0.377 e. The highest BCUT2D eigenvalue weighted by molar-refractivity contribution is 8.14. The quantitative estimate of drug-likeness (QED) is 0.830. The number of amidine groups is 1. The molecule has 4 heteroatoms. The third-order valence-electron chi connectivity index (χ3n) is 2.68. The molecule has 1 unspecified atom stereocenters. The molecule has 0 bridgehead atoms. The van der Waals surface area contributed by atoms with E-state index in [1.807, 2.05) is 19.9 Å². The van der Waals surface area contributed by atoms with Crippen molar-refractivity contribution in [1.82, 2.24) is 5.32 Å². The van der Waals surface area contributed by atoms with Crippen LogP contribution in [0, 0.1) is 0 Å². The minimum Gasteiger partial charge on any atom is -0.377 e. The van der Waals surface area contributed by atoms with Crippen molar-refractivity contribution >= 4 is 16.9 Å². The predicted octanol–water partition coefficient (Wildman–Crippen LogP) is 2.85. The lowest BCUT2D eigenvalue weighted by molar-refractivity contribution is 0.0853. The van der Waals surface area contributed by atoms with E-state index in [4.69, 9.17) is 4.74 Å². The summed E-state index contributed by atoms with van der Waals surface area (Å²) in [7, 11) is 0. The highest BCUT2D eigenvalue weighted by atomic mass is 32.2. The summed E-state index contributed by atoms with van der Waals surface area (Å²) in [6, 6.07) is 10.9. The van der Waals surface area contributed by atoms with Crippen LogP contribution in [0.15, 0.2) is 35.3 Å². The fourth-order valence-corrected chi connectivity index (χ4v) is 2.79. The van der Waals surface area contributed by atoms with Gasteiger partial charge in [-0.15, -0.1) is 0 Å². The van der Waals surface area contributed by atoms with Crippen molar-refractivity contribution in [3.63, 3.8) is 0 Å². The first-order valence-corrected chi connectivity index (χ1v) is 7.34. The lowest BCUT2D eigenvalue weighted by Gasteiger charge is -2.09. The molecule has 1 aromatic rings. The Kier molecular flexibility index (Phi) is 5.08. The van der Waals surface area contributed by atoms with Crippen LogP contribution in [0.3, 0.4) is 0 Å². The second kappa shape index (κ2) is 6.81. The van der Waals surface area contributed by atoms with Gasteiger partial charge >= 0.3 is 0 Å². The molecule has 0 aromatic heterocycles. The van der Waals surface area contributed by atoms with Gasteiger partial charge in [0, 0.05) is 5.75 Å². The summed E-state index contributed by atoms with van der Waals surface area (Å²) >= 11 is 1.79. The Morgan fingerprint density at radius 1 is 1.39 bits per heavy atom. The molecule has 0 radical (unpaired) electrons. The number of nitrogens with one attached hydrogen (secondary N) is 1. The second-order valence-corrected chi connectivity index (χ2v) is 5.53. The van der Waals surface area contributed by atoms with Crippen LogP contribution < -0.4 is 5.32 Å². The molecule has 1 aromatic carbocycles. The minimum absolute atomic E-state index is 0.284. The Morgan fingerprint density at radius 2 is 2.17 bits per heavy atom. The van der Waals surface area contributed by atoms with Crippen molar-refractivity contribution in [3.05, 3.63) is 35.9 Å². The van der Waals surface area contributed by atoms with E-state index < -0.39 is 0 Å². The monoisotopic (exact) mass is 264 g/mol. The summed E-state index contributed by atoms with van der Waals surface area (Å²) in [6.07, 6.45) is 0.284. The third-order valence-corrected chi connectivity index (χ3v) is 3.70. The topological polar surface area (TPSA) is 33.6 Å². The number of nitrogens with zero attached hydrogens (tertiary/aromatic N) is 1. The van der Waals surface area contributed by atoms with Crippen molar-refractivity contribution in [2.45, 2.75) is 26.0 Å². The summed E-state index contributed by atoms with van der Waals surface area (Å²) in [4.78, 5) is 4.51. The SMILES string of the molecule is CC(C)OCCN=C1NC(c2ccccc2)CS1. The molecule has 3 nitrogen and oxygen atoms in total. The van der Waals surface area contributed by atoms with E-state index in [2.05, 4.69) is 34.6 Å². The number of ether oxygens (including phenoxy) is 1. The molecule has 18 heavy (non-hydrogen) atoms. The normalized spacial score (nSPS) is 21.5. The van der Waals surface area contributed by atoms with E-state index in [0.29, 0.717) is 12.6 Å². The van der Waals surface area contributed by atoms with Crippen LogP contribution in [-0.4, -0.2) is 30.2 Å². The van der Waals surface area contributed by atoms with E-state index in [1.54, 1.807) is 11.8 Å². The Hall–Kier alpha value is -1.00. The number of hydrogen-bond acceptors (Lipinski definition) is 3. The first kappa shape index (κ1) is 13.4. The predicted molar refractivity (Wildman–Crippen MR) is 78.2 cm³/mol. The fraction of sp³-hybridized carbons (Fsp3) is 0.500. The molecular weight excluding hydrogens is 244 g/mol. The Morgan fingerprint density at radius 3 is 2.89 bits per heavy atom. The zero-order chi connectivity index (χ0) is 12.8. The first-order valence-electron chi connectivity index (χ1n) is 6.36. The molecular formula is C14H20N2OS. The van der Waals surface area contributed by atoms with Crippen molar-refractivity contribution in [2.24, 2.45) is 4.99 Å². The number of hydrogen-bond donors (Lipinski definition) is 1. The zero-order valence-corrected chi connectivity index (χ0v) is 11.7. The summed E-state index contributed by atoms with van der Waals surface area (Å²) in [5.41, 5.74) is 1.33. The van der Waals surface area contributed by atoms with E-state index in [-0.39, 0.29) is 6.10 Å². The van der Waals surface area contributed by atoms with E-state index in [0.717, 1.165) is 17.5 Å². The summed E-state index contributed by atoms with van der Waals surface area (Å²) in [6.45, 7) is 5.51. The Bertz CT molecular complexity index is 392. The Balaban J connectivity index is 1.80. The molecule has 0 aliphatic carbocycles. The van der Waals surface area contributed by atoms with E-state index in [1.165, 1.54) is 5.56 Å². The molecule has 1 atom stereocenters. The smallest absolute Gasteiger partial charge is 0.157 e. The fourth-order valence-electron chi connectivity index (χ4n) is 1.79. The van der Waals surface area contributed by atoms with Gasteiger partial charge in [-0.2, -0.15) is 0 Å². The number of aliphatic imine (C=N–C) groups is 1. The summed E-state index contributed by atoms with van der Waals surface area (Å²) in [5, 5.41) is 4.49. The molecule has 0 saturated carbocycles. The highest BCUT2D eigenvalue weighted by Crippen LogP contribution is 2.25. The van der Waals surface area contributed by atoms with Gasteiger partial charge in [0.15, 0.2) is 5.17 Å². The van der Waals surface area contributed by atoms with Crippen LogP contribution in [0.2, 0.25) is 0 Å². The molecule has 1 N–H and O–H groups in total. The van der Waals surface area contributed by atoms with Gasteiger partial charge in [-0.05, 0) is 19.4 Å². The maximum Gasteiger partial charge on any atom is 0.157 e. The van der Waals surface area contributed by atoms with Gasteiger partial charge in [0.05, 0.1) is 25.3 Å². The van der Waals surface area contributed by atoms with Crippen molar-refractivity contribution in [1.29, 1.82) is 0 Å². The van der Waals surface area contributed by atoms with Crippen molar-refractivity contribution < 1.29 is 4.74 Å². The maximum atomic E-state index is 5.47.